The fourth-order valence-corrected chi connectivity index (χ4v) is 6.30. The molecule has 37 heavy (non-hydrogen) atoms. The summed E-state index contributed by atoms with van der Waals surface area (Å²) >= 11 is 4.59. The zero-order valence-electron chi connectivity index (χ0n) is 19.8. The molecule has 2 aliphatic rings. The molecule has 4 aromatic rings. The van der Waals surface area contributed by atoms with Crippen LogP contribution in [0.5, 0.6) is 0 Å². The molecule has 4 aromatic carbocycles. The number of fused-ring (bicyclic) bond motifs is 2. The summed E-state index contributed by atoms with van der Waals surface area (Å²) in [4.78, 5) is 0. The zero-order chi connectivity index (χ0) is 25.3. The standard InChI is InChI=1S/C28H22B2I2O5/c31-25-17-9-7-15-23(25)29-33-27(19-21-11-3-1-4-12-21)34-30(37-29,24-16-8-10-18-26(24)32)36-28(35-29)20-22-13-5-2-6-14-22/h1-18H,19-20H2/t29-,30+. The lowest BCUT2D eigenvalue weighted by atomic mass is 9.59. The van der Waals surface area contributed by atoms with Crippen LogP contribution in [0.15, 0.2) is 109 Å². The molecule has 2 atom stereocenters. The summed E-state index contributed by atoms with van der Waals surface area (Å²) < 4.78 is 35.0. The van der Waals surface area contributed by atoms with Crippen LogP contribution in [-0.2, 0) is 35.4 Å². The molecule has 0 spiro atoms. The molecular formula is C28H22B2I2O5. The molecule has 0 aromatic heterocycles. The molecule has 5 nitrogen and oxygen atoms in total. The van der Waals surface area contributed by atoms with Gasteiger partial charge in [-0.25, -0.2) is 0 Å². The maximum absolute atomic E-state index is 6.75. The summed E-state index contributed by atoms with van der Waals surface area (Å²) in [7, 11) is 0. The Hall–Kier alpha value is -2.63. The first-order valence-corrected chi connectivity index (χ1v) is 14.2. The minimum Gasteiger partial charge on any atom is -0.558 e. The SMILES string of the molecule is Ic1ccccc1[B@-]12OC(Cc3ccccc3)=[O+][B@-](c3ccccc3I)(OC(Cc3ccccc3)=[O+]1)O2. The fraction of sp³-hybridized carbons (Fsp3) is 0.0714. The van der Waals surface area contributed by atoms with E-state index in [1.165, 1.54) is 0 Å². The Bertz CT molecular complexity index is 1390. The molecule has 0 amide bonds. The van der Waals surface area contributed by atoms with Gasteiger partial charge in [-0.15, -0.1) is 0 Å². The summed E-state index contributed by atoms with van der Waals surface area (Å²) in [6, 6.07) is 36.0. The molecule has 6 rings (SSSR count). The van der Waals surface area contributed by atoms with Gasteiger partial charge in [0.1, 0.15) is 12.8 Å². The normalized spacial score (nSPS) is 22.3. The second-order valence-corrected chi connectivity index (χ2v) is 11.3. The van der Waals surface area contributed by atoms with Crippen molar-refractivity contribution in [3.05, 3.63) is 127 Å². The lowest BCUT2D eigenvalue weighted by Crippen LogP contribution is -2.76. The average Bonchev–Trinajstić information content (AvgIpc) is 2.90. The van der Waals surface area contributed by atoms with Crippen molar-refractivity contribution in [1.29, 1.82) is 0 Å². The van der Waals surface area contributed by atoms with Crippen LogP contribution in [-0.4, -0.2) is 25.4 Å². The molecule has 2 heterocycles. The van der Waals surface area contributed by atoms with E-state index in [-0.39, 0.29) is 0 Å². The molecule has 0 fully saturated rings. The minimum absolute atomic E-state index is 0.399. The van der Waals surface area contributed by atoms with Crippen molar-refractivity contribution in [2.75, 3.05) is 0 Å². The molecule has 0 N–H and O–H groups in total. The van der Waals surface area contributed by atoms with Gasteiger partial charge in [0.2, 0.25) is 0 Å². The van der Waals surface area contributed by atoms with Crippen LogP contribution in [0.1, 0.15) is 11.1 Å². The average molecular weight is 714 g/mol. The molecule has 2 bridgehead atoms. The van der Waals surface area contributed by atoms with Gasteiger partial charge in [-0.1, -0.05) is 109 Å². The van der Waals surface area contributed by atoms with Crippen LogP contribution >= 0.6 is 45.2 Å². The van der Waals surface area contributed by atoms with Gasteiger partial charge in [0.15, 0.2) is 0 Å². The summed E-state index contributed by atoms with van der Waals surface area (Å²) in [5.41, 5.74) is 3.72. The van der Waals surface area contributed by atoms with Gasteiger partial charge in [-0.05, 0) is 74.4 Å². The van der Waals surface area contributed by atoms with Gasteiger partial charge in [0.25, 0.3) is 0 Å². The van der Waals surface area contributed by atoms with Crippen molar-refractivity contribution < 1.29 is 22.6 Å². The molecule has 0 saturated heterocycles. The van der Waals surface area contributed by atoms with Gasteiger partial charge in [-0.3, -0.25) is 0 Å². The highest BCUT2D eigenvalue weighted by atomic mass is 127. The number of benzene rings is 4. The molecule has 0 radical (unpaired) electrons. The number of hydrogen-bond acceptors (Lipinski definition) is 3. The Kier molecular flexibility index (Phi) is 6.85. The number of hydrogen-bond donors (Lipinski definition) is 0. The van der Waals surface area contributed by atoms with E-state index < -0.39 is 13.5 Å². The van der Waals surface area contributed by atoms with Crippen LogP contribution in [0.3, 0.4) is 0 Å². The van der Waals surface area contributed by atoms with Crippen molar-refractivity contribution in [1.82, 2.24) is 0 Å². The quantitative estimate of drug-likeness (QED) is 0.167. The van der Waals surface area contributed by atoms with Crippen LogP contribution in [0, 0.1) is 7.14 Å². The van der Waals surface area contributed by atoms with E-state index in [1.807, 2.05) is 109 Å². The molecule has 184 valence electrons. The van der Waals surface area contributed by atoms with Crippen molar-refractivity contribution in [2.24, 2.45) is 0 Å². The summed E-state index contributed by atoms with van der Waals surface area (Å²) in [5.74, 6) is 0.797. The maximum Gasteiger partial charge on any atom is 0.750 e. The molecule has 0 saturated carbocycles. The van der Waals surface area contributed by atoms with Crippen LogP contribution in [0.4, 0.5) is 0 Å². The first-order valence-electron chi connectivity index (χ1n) is 12.1. The summed E-state index contributed by atoms with van der Waals surface area (Å²) in [6.07, 6.45) is 0.871. The highest BCUT2D eigenvalue weighted by Gasteiger charge is 2.70. The van der Waals surface area contributed by atoms with Crippen molar-refractivity contribution in [3.8, 4) is 0 Å². The topological polar surface area (TPSA) is 50.3 Å². The van der Waals surface area contributed by atoms with E-state index in [2.05, 4.69) is 45.2 Å². The Morgan fingerprint density at radius 3 is 1.30 bits per heavy atom. The first kappa shape index (κ1) is 24.7. The lowest BCUT2D eigenvalue weighted by Gasteiger charge is -2.43. The Morgan fingerprint density at radius 2 is 0.892 bits per heavy atom. The molecule has 9 heteroatoms. The third kappa shape index (κ3) is 4.96. The van der Waals surface area contributed by atoms with Crippen molar-refractivity contribution >= 4 is 81.6 Å². The van der Waals surface area contributed by atoms with Crippen LogP contribution < -0.4 is 10.9 Å². The van der Waals surface area contributed by atoms with E-state index >= 15 is 0 Å². The third-order valence-corrected chi connectivity index (χ3v) is 8.42. The smallest absolute Gasteiger partial charge is 0.558 e. The fourth-order valence-electron chi connectivity index (χ4n) is 4.76. The molecule has 0 unspecified atom stereocenters. The maximum atomic E-state index is 6.75. The van der Waals surface area contributed by atoms with Crippen molar-refractivity contribution in [3.63, 3.8) is 0 Å². The third-order valence-electron chi connectivity index (χ3n) is 6.46. The van der Waals surface area contributed by atoms with Gasteiger partial charge < -0.3 is 22.6 Å². The Morgan fingerprint density at radius 1 is 0.514 bits per heavy atom. The minimum atomic E-state index is -2.48. The van der Waals surface area contributed by atoms with Crippen LogP contribution in [0.2, 0.25) is 0 Å². The Labute approximate surface area is 242 Å². The predicted octanol–water partition coefficient (Wildman–Crippen LogP) is 4.57. The first-order chi connectivity index (χ1) is 18.1. The summed E-state index contributed by atoms with van der Waals surface area (Å²) in [5, 5.41) is 0. The van der Waals surface area contributed by atoms with Crippen LogP contribution in [0.25, 0.3) is 0 Å². The van der Waals surface area contributed by atoms with E-state index in [0.29, 0.717) is 24.8 Å². The summed E-state index contributed by atoms with van der Waals surface area (Å²) in [6.45, 7) is -4.96. The highest BCUT2D eigenvalue weighted by molar-refractivity contribution is 14.1. The van der Waals surface area contributed by atoms with Gasteiger partial charge in [0, 0.05) is 0 Å². The van der Waals surface area contributed by atoms with E-state index in [0.717, 1.165) is 29.2 Å². The molecular weight excluding hydrogens is 692 g/mol. The van der Waals surface area contributed by atoms with E-state index in [9.17, 15) is 0 Å². The van der Waals surface area contributed by atoms with Crippen molar-refractivity contribution in [2.45, 2.75) is 12.8 Å². The zero-order valence-corrected chi connectivity index (χ0v) is 24.1. The van der Waals surface area contributed by atoms with Gasteiger partial charge in [0.05, 0.1) is 0 Å². The molecule has 0 aliphatic carbocycles. The van der Waals surface area contributed by atoms with Gasteiger partial charge >= 0.3 is 25.4 Å². The largest absolute Gasteiger partial charge is 0.750 e. The number of carbonyl (C=O) groups excluding carboxylic acids is 2. The second kappa shape index (κ2) is 10.3. The van der Waals surface area contributed by atoms with E-state index in [1.54, 1.807) is 0 Å². The Balaban J connectivity index is 1.55. The molecule has 2 aliphatic heterocycles. The lowest BCUT2D eigenvalue weighted by molar-refractivity contribution is -0.428. The number of rotatable bonds is 6. The highest BCUT2D eigenvalue weighted by Crippen LogP contribution is 2.29. The number of halogens is 2. The predicted molar refractivity (Wildman–Crippen MR) is 163 cm³/mol. The second-order valence-electron chi connectivity index (χ2n) is 9.00. The monoisotopic (exact) mass is 714 g/mol. The van der Waals surface area contributed by atoms with E-state index in [4.69, 9.17) is 22.6 Å². The van der Waals surface area contributed by atoms with Gasteiger partial charge in [-0.2, -0.15) is 0 Å².